The predicted molar refractivity (Wildman–Crippen MR) is 414 cm³/mol. The fourth-order valence-electron chi connectivity index (χ4n) is 12.6. The second-order valence-electron chi connectivity index (χ2n) is 31.4. The first-order valence-electron chi connectivity index (χ1n) is 42.2. The quantitative estimate of drug-likeness (QED) is 0.0222. The predicted octanol–water partition coefficient (Wildman–Crippen LogP) is 24.4. The van der Waals surface area contributed by atoms with Crippen LogP contribution in [0.4, 0.5) is 0 Å². The van der Waals surface area contributed by atoms with Crippen LogP contribution >= 0.6 is 15.6 Å². The van der Waals surface area contributed by atoms with Crippen molar-refractivity contribution in [2.45, 2.75) is 440 Å². The minimum atomic E-state index is -4.96. The number of hydrogen-bond acceptors (Lipinski definition) is 15. The molecule has 600 valence electrons. The van der Waals surface area contributed by atoms with Crippen LogP contribution in [0.5, 0.6) is 0 Å². The number of aliphatic hydroxyl groups excluding tert-OH is 1. The molecule has 0 aliphatic rings. The second kappa shape index (κ2) is 71.0. The van der Waals surface area contributed by atoms with Gasteiger partial charge in [-0.2, -0.15) is 0 Å². The first-order valence-corrected chi connectivity index (χ1v) is 45.2. The highest BCUT2D eigenvalue weighted by molar-refractivity contribution is 7.47. The van der Waals surface area contributed by atoms with E-state index in [9.17, 15) is 43.2 Å². The molecule has 101 heavy (non-hydrogen) atoms. The van der Waals surface area contributed by atoms with Crippen molar-refractivity contribution in [3.8, 4) is 0 Å². The van der Waals surface area contributed by atoms with Crippen LogP contribution in [0.1, 0.15) is 421 Å². The van der Waals surface area contributed by atoms with Gasteiger partial charge in [0, 0.05) is 25.7 Å². The van der Waals surface area contributed by atoms with Gasteiger partial charge in [0.2, 0.25) is 0 Å². The molecule has 0 saturated carbocycles. The van der Waals surface area contributed by atoms with E-state index < -0.39 is 97.5 Å². The van der Waals surface area contributed by atoms with Crippen LogP contribution in [-0.4, -0.2) is 96.7 Å². The largest absolute Gasteiger partial charge is 0.472 e. The van der Waals surface area contributed by atoms with Gasteiger partial charge in [-0.1, -0.05) is 370 Å². The Bertz CT molecular complexity index is 1970. The molecule has 0 fully saturated rings. The van der Waals surface area contributed by atoms with Gasteiger partial charge in [0.1, 0.15) is 19.3 Å². The maximum Gasteiger partial charge on any atom is 0.472 e. The fraction of sp³-hybridized carbons (Fsp3) is 0.951. The fourth-order valence-corrected chi connectivity index (χ4v) is 14.2. The Kier molecular flexibility index (Phi) is 69.6. The lowest BCUT2D eigenvalue weighted by atomic mass is 10.0. The van der Waals surface area contributed by atoms with Crippen LogP contribution in [-0.2, 0) is 65.4 Å². The SMILES string of the molecule is CC(C)CCCCCCCCCCCCCCCCCCC(=O)OC[C@H](COP(=O)(O)OCC(O)COP(=O)(O)OC[C@@H](COC(=O)CCCCCCCCCC(C)C)OC(=O)CCCCCCCCCCCCC(C)C)OC(=O)CCCCCCCCCCCCCCCCCCC(C)C. The Hall–Kier alpha value is -1.94. The molecule has 0 saturated heterocycles. The molecular weight excluding hydrogens is 1320 g/mol. The molecule has 19 heteroatoms. The lowest BCUT2D eigenvalue weighted by molar-refractivity contribution is -0.161. The summed E-state index contributed by atoms with van der Waals surface area (Å²) >= 11 is 0. The molecule has 0 bridgehead atoms. The number of carbonyl (C=O) groups excluding carboxylic acids is 4. The maximum absolute atomic E-state index is 13.1. The minimum Gasteiger partial charge on any atom is -0.462 e. The van der Waals surface area contributed by atoms with E-state index in [2.05, 4.69) is 55.4 Å². The van der Waals surface area contributed by atoms with E-state index in [1.54, 1.807) is 0 Å². The zero-order valence-corrected chi connectivity index (χ0v) is 68.3. The maximum atomic E-state index is 13.1. The Morgan fingerprint density at radius 3 is 0.614 bits per heavy atom. The molecule has 0 aromatic carbocycles. The Morgan fingerprint density at radius 2 is 0.416 bits per heavy atom. The van der Waals surface area contributed by atoms with Gasteiger partial charge in [0.15, 0.2) is 12.2 Å². The molecule has 3 N–H and O–H groups in total. The van der Waals surface area contributed by atoms with Crippen molar-refractivity contribution < 1.29 is 80.2 Å². The molecule has 0 aromatic heterocycles. The smallest absolute Gasteiger partial charge is 0.462 e. The number of unbranched alkanes of at least 4 members (excludes halogenated alkanes) is 45. The zero-order chi connectivity index (χ0) is 74.6. The summed E-state index contributed by atoms with van der Waals surface area (Å²) in [6.45, 7) is 14.2. The van der Waals surface area contributed by atoms with Gasteiger partial charge in [0.05, 0.1) is 26.4 Å². The normalized spacial score (nSPS) is 14.0. The van der Waals surface area contributed by atoms with E-state index in [0.717, 1.165) is 114 Å². The summed E-state index contributed by atoms with van der Waals surface area (Å²) in [5, 5.41) is 10.6. The Morgan fingerprint density at radius 1 is 0.248 bits per heavy atom. The number of hydrogen-bond donors (Lipinski definition) is 3. The molecule has 17 nitrogen and oxygen atoms in total. The first kappa shape index (κ1) is 99.1. The van der Waals surface area contributed by atoms with Crippen molar-refractivity contribution in [1.82, 2.24) is 0 Å². The highest BCUT2D eigenvalue weighted by Gasteiger charge is 2.30. The van der Waals surface area contributed by atoms with E-state index in [4.69, 9.17) is 37.0 Å². The van der Waals surface area contributed by atoms with Crippen molar-refractivity contribution in [3.63, 3.8) is 0 Å². The molecule has 0 rings (SSSR count). The average molecular weight is 1480 g/mol. The van der Waals surface area contributed by atoms with Crippen LogP contribution in [0, 0.1) is 23.7 Å². The van der Waals surface area contributed by atoms with Gasteiger partial charge < -0.3 is 33.8 Å². The van der Waals surface area contributed by atoms with Crippen molar-refractivity contribution >= 4 is 39.5 Å². The lowest BCUT2D eigenvalue weighted by Gasteiger charge is -2.21. The number of phosphoric acid groups is 2. The summed E-state index contributed by atoms with van der Waals surface area (Å²) in [5.74, 6) is 0.965. The molecular formula is C82H160O17P2. The lowest BCUT2D eigenvalue weighted by Crippen LogP contribution is -2.30. The Balaban J connectivity index is 5.23. The zero-order valence-electron chi connectivity index (χ0n) is 66.5. The highest BCUT2D eigenvalue weighted by Crippen LogP contribution is 2.45. The molecule has 0 amide bonds. The summed E-state index contributed by atoms with van der Waals surface area (Å²) in [6, 6.07) is 0. The summed E-state index contributed by atoms with van der Waals surface area (Å²) in [7, 11) is -9.92. The molecule has 0 aliphatic carbocycles. The number of esters is 4. The van der Waals surface area contributed by atoms with Gasteiger partial charge in [-0.3, -0.25) is 37.3 Å². The number of ether oxygens (including phenoxy) is 4. The minimum absolute atomic E-state index is 0.105. The van der Waals surface area contributed by atoms with Crippen LogP contribution in [0.2, 0.25) is 0 Å². The number of carbonyl (C=O) groups is 4. The topological polar surface area (TPSA) is 237 Å². The highest BCUT2D eigenvalue weighted by atomic mass is 31.2. The number of phosphoric ester groups is 2. The third-order valence-corrected chi connectivity index (χ3v) is 21.0. The van der Waals surface area contributed by atoms with Crippen molar-refractivity contribution in [2.75, 3.05) is 39.6 Å². The number of aliphatic hydroxyl groups is 1. The van der Waals surface area contributed by atoms with Gasteiger partial charge in [0.25, 0.3) is 0 Å². The molecule has 0 heterocycles. The third kappa shape index (κ3) is 76.1. The van der Waals surface area contributed by atoms with E-state index >= 15 is 0 Å². The first-order chi connectivity index (χ1) is 48.6. The summed E-state index contributed by atoms with van der Waals surface area (Å²) < 4.78 is 68.7. The van der Waals surface area contributed by atoms with Crippen LogP contribution in [0.15, 0.2) is 0 Å². The van der Waals surface area contributed by atoms with Crippen molar-refractivity contribution in [3.05, 3.63) is 0 Å². The van der Waals surface area contributed by atoms with Gasteiger partial charge in [-0.25, -0.2) is 9.13 Å². The van der Waals surface area contributed by atoms with E-state index in [-0.39, 0.29) is 25.7 Å². The molecule has 0 aromatic rings. The Labute approximate surface area is 619 Å². The average Bonchev–Trinajstić information content (AvgIpc) is 0.922. The molecule has 0 aliphatic heterocycles. The van der Waals surface area contributed by atoms with E-state index in [0.29, 0.717) is 31.6 Å². The van der Waals surface area contributed by atoms with E-state index in [1.165, 1.54) is 218 Å². The van der Waals surface area contributed by atoms with E-state index in [1.807, 2.05) is 0 Å². The van der Waals surface area contributed by atoms with Gasteiger partial charge in [-0.05, 0) is 49.4 Å². The summed E-state index contributed by atoms with van der Waals surface area (Å²) in [6.07, 6.45) is 58.4. The number of rotatable bonds is 79. The summed E-state index contributed by atoms with van der Waals surface area (Å²) in [4.78, 5) is 73.0. The second-order valence-corrected chi connectivity index (χ2v) is 34.3. The van der Waals surface area contributed by atoms with Crippen LogP contribution < -0.4 is 0 Å². The molecule has 5 atom stereocenters. The third-order valence-electron chi connectivity index (χ3n) is 19.1. The molecule has 3 unspecified atom stereocenters. The monoisotopic (exact) mass is 1480 g/mol. The standard InChI is InChI=1S/C82H160O17P2/c1-72(2)58-50-42-34-27-21-17-13-9-11-15-19-23-30-38-46-54-62-79(84)92-68-77(98-81(86)64-56-48-39-31-24-20-16-12-10-14-18-22-28-35-43-51-59-73(3)4)70-96-100(88,89)94-66-76(83)67-95-101(90,91)97-71-78(69-93-80(85)63-55-47-41-33-37-45-53-61-75(7)8)99-82(87)65-57-49-40-32-26-25-29-36-44-52-60-74(5)6/h72-78,83H,9-71H2,1-8H3,(H,88,89)(H,90,91)/t76?,77-,78-/m1/s1. The summed E-state index contributed by atoms with van der Waals surface area (Å²) in [5.41, 5.74) is 0. The van der Waals surface area contributed by atoms with Gasteiger partial charge >= 0.3 is 39.5 Å². The van der Waals surface area contributed by atoms with Crippen LogP contribution in [0.3, 0.4) is 0 Å². The van der Waals surface area contributed by atoms with Crippen molar-refractivity contribution in [1.29, 1.82) is 0 Å². The molecule has 0 radical (unpaired) electrons. The van der Waals surface area contributed by atoms with Gasteiger partial charge in [-0.15, -0.1) is 0 Å². The molecule has 0 spiro atoms. The van der Waals surface area contributed by atoms with Crippen molar-refractivity contribution in [2.24, 2.45) is 23.7 Å². The van der Waals surface area contributed by atoms with Crippen LogP contribution in [0.25, 0.3) is 0 Å².